The standard InChI is InChI=1S/C25H22N2O/c1-18-13-15-21(16-14-18)26-25(28)23-17-24(20-9-5-3-6-10-20)27(19(23)2)22-11-7-4-8-12-22/h3-17H,1-2H3,(H,26,28). The Labute approximate surface area is 165 Å². The van der Waals surface area contributed by atoms with Gasteiger partial charge in [-0.15, -0.1) is 0 Å². The topological polar surface area (TPSA) is 34.0 Å². The van der Waals surface area contributed by atoms with Crippen LogP contribution in [-0.4, -0.2) is 10.5 Å². The van der Waals surface area contributed by atoms with Crippen molar-refractivity contribution >= 4 is 11.6 Å². The zero-order chi connectivity index (χ0) is 19.5. The van der Waals surface area contributed by atoms with E-state index in [4.69, 9.17) is 0 Å². The summed E-state index contributed by atoms with van der Waals surface area (Å²) in [5.74, 6) is -0.104. The molecule has 0 aliphatic carbocycles. The summed E-state index contributed by atoms with van der Waals surface area (Å²) in [6.45, 7) is 4.02. The molecule has 0 saturated carbocycles. The van der Waals surface area contributed by atoms with Crippen LogP contribution in [0.15, 0.2) is 91.0 Å². The van der Waals surface area contributed by atoms with E-state index >= 15 is 0 Å². The van der Waals surface area contributed by atoms with Gasteiger partial charge < -0.3 is 9.88 Å². The van der Waals surface area contributed by atoms with Crippen molar-refractivity contribution in [2.75, 3.05) is 5.32 Å². The maximum atomic E-state index is 13.0. The molecule has 1 N–H and O–H groups in total. The number of nitrogens with one attached hydrogen (secondary N) is 1. The van der Waals surface area contributed by atoms with Gasteiger partial charge in [0.05, 0.1) is 11.3 Å². The van der Waals surface area contributed by atoms with Gasteiger partial charge in [0, 0.05) is 17.1 Å². The maximum absolute atomic E-state index is 13.0. The van der Waals surface area contributed by atoms with Crippen LogP contribution in [0.4, 0.5) is 5.69 Å². The fraction of sp³-hybridized carbons (Fsp3) is 0.0800. The average Bonchev–Trinajstić information content (AvgIpc) is 3.08. The normalized spacial score (nSPS) is 10.6. The number of anilines is 1. The van der Waals surface area contributed by atoms with E-state index in [0.717, 1.165) is 33.9 Å². The SMILES string of the molecule is Cc1ccc(NC(=O)c2cc(-c3ccccc3)n(-c3ccccc3)c2C)cc1. The zero-order valence-corrected chi connectivity index (χ0v) is 16.0. The predicted molar refractivity (Wildman–Crippen MR) is 115 cm³/mol. The minimum atomic E-state index is -0.104. The molecule has 0 saturated heterocycles. The smallest absolute Gasteiger partial charge is 0.257 e. The van der Waals surface area contributed by atoms with E-state index in [-0.39, 0.29) is 5.91 Å². The molecule has 0 aliphatic heterocycles. The molecule has 3 nitrogen and oxygen atoms in total. The van der Waals surface area contributed by atoms with E-state index < -0.39 is 0 Å². The first-order valence-corrected chi connectivity index (χ1v) is 9.35. The molecule has 0 unspecified atom stereocenters. The number of carbonyl (C=O) groups excluding carboxylic acids is 1. The number of carbonyl (C=O) groups is 1. The lowest BCUT2D eigenvalue weighted by atomic mass is 10.1. The Morgan fingerprint density at radius 1 is 0.786 bits per heavy atom. The number of amides is 1. The fourth-order valence-corrected chi connectivity index (χ4v) is 3.40. The van der Waals surface area contributed by atoms with Gasteiger partial charge in [0.15, 0.2) is 0 Å². The van der Waals surface area contributed by atoms with Crippen LogP contribution in [0.3, 0.4) is 0 Å². The summed E-state index contributed by atoms with van der Waals surface area (Å²) in [5, 5.41) is 3.02. The largest absolute Gasteiger partial charge is 0.322 e. The molecule has 1 aromatic heterocycles. The van der Waals surface area contributed by atoms with Crippen LogP contribution in [0.1, 0.15) is 21.6 Å². The molecule has 138 valence electrons. The Morgan fingerprint density at radius 3 is 2.04 bits per heavy atom. The number of benzene rings is 3. The molecule has 1 amide bonds. The second kappa shape index (κ2) is 7.57. The van der Waals surface area contributed by atoms with Crippen molar-refractivity contribution in [3.05, 3.63) is 108 Å². The third kappa shape index (κ3) is 3.47. The minimum Gasteiger partial charge on any atom is -0.322 e. The average molecular weight is 366 g/mol. The van der Waals surface area contributed by atoms with Crippen LogP contribution >= 0.6 is 0 Å². The summed E-state index contributed by atoms with van der Waals surface area (Å²) < 4.78 is 2.14. The monoisotopic (exact) mass is 366 g/mol. The summed E-state index contributed by atoms with van der Waals surface area (Å²) in [5.41, 5.74) is 6.65. The maximum Gasteiger partial charge on any atom is 0.257 e. The molecule has 28 heavy (non-hydrogen) atoms. The molecule has 0 bridgehead atoms. The fourth-order valence-electron chi connectivity index (χ4n) is 3.40. The molecule has 0 radical (unpaired) electrons. The van der Waals surface area contributed by atoms with Crippen molar-refractivity contribution in [2.24, 2.45) is 0 Å². The predicted octanol–water partition coefficient (Wildman–Crippen LogP) is 6.01. The number of aromatic nitrogens is 1. The Bertz CT molecular complexity index is 1090. The van der Waals surface area contributed by atoms with Gasteiger partial charge in [0.25, 0.3) is 5.91 Å². The van der Waals surface area contributed by atoms with Crippen LogP contribution in [0.25, 0.3) is 16.9 Å². The molecular formula is C25H22N2O. The highest BCUT2D eigenvalue weighted by Gasteiger charge is 2.19. The number of rotatable bonds is 4. The minimum absolute atomic E-state index is 0.104. The van der Waals surface area contributed by atoms with E-state index in [1.165, 1.54) is 0 Å². The zero-order valence-electron chi connectivity index (χ0n) is 16.0. The molecule has 4 rings (SSSR count). The number of aryl methyl sites for hydroxylation is 1. The molecular weight excluding hydrogens is 344 g/mol. The van der Waals surface area contributed by atoms with Crippen LogP contribution in [0.5, 0.6) is 0 Å². The highest BCUT2D eigenvalue weighted by atomic mass is 16.1. The van der Waals surface area contributed by atoms with Gasteiger partial charge in [-0.25, -0.2) is 0 Å². The van der Waals surface area contributed by atoms with Gasteiger partial charge in [-0.3, -0.25) is 4.79 Å². The Hall–Kier alpha value is -3.59. The number of hydrogen-bond acceptors (Lipinski definition) is 1. The third-order valence-corrected chi connectivity index (χ3v) is 4.89. The molecule has 0 aliphatic rings. The van der Waals surface area contributed by atoms with Gasteiger partial charge >= 0.3 is 0 Å². The Kier molecular flexibility index (Phi) is 4.81. The molecule has 4 aromatic rings. The van der Waals surface area contributed by atoms with Gasteiger partial charge in [-0.05, 0) is 49.7 Å². The molecule has 0 fully saturated rings. The van der Waals surface area contributed by atoms with Crippen LogP contribution in [0, 0.1) is 13.8 Å². The summed E-state index contributed by atoms with van der Waals surface area (Å²) in [4.78, 5) is 13.0. The summed E-state index contributed by atoms with van der Waals surface area (Å²) in [6, 6.07) is 30.1. The van der Waals surface area contributed by atoms with E-state index in [0.29, 0.717) is 5.56 Å². The number of para-hydroxylation sites is 1. The summed E-state index contributed by atoms with van der Waals surface area (Å²) in [6.07, 6.45) is 0. The Morgan fingerprint density at radius 2 is 1.39 bits per heavy atom. The van der Waals surface area contributed by atoms with E-state index in [1.54, 1.807) is 0 Å². The van der Waals surface area contributed by atoms with Crippen molar-refractivity contribution in [2.45, 2.75) is 13.8 Å². The lowest BCUT2D eigenvalue weighted by Crippen LogP contribution is -2.13. The van der Waals surface area contributed by atoms with Crippen molar-refractivity contribution in [3.8, 4) is 16.9 Å². The molecule has 0 spiro atoms. The van der Waals surface area contributed by atoms with Crippen molar-refractivity contribution in [3.63, 3.8) is 0 Å². The molecule has 3 heteroatoms. The molecule has 1 heterocycles. The van der Waals surface area contributed by atoms with E-state index in [2.05, 4.69) is 34.1 Å². The molecule has 3 aromatic carbocycles. The van der Waals surface area contributed by atoms with Crippen LogP contribution in [-0.2, 0) is 0 Å². The second-order valence-corrected chi connectivity index (χ2v) is 6.89. The number of hydrogen-bond donors (Lipinski definition) is 1. The van der Waals surface area contributed by atoms with Crippen molar-refractivity contribution < 1.29 is 4.79 Å². The van der Waals surface area contributed by atoms with Crippen molar-refractivity contribution in [1.29, 1.82) is 0 Å². The Balaban J connectivity index is 1.79. The lowest BCUT2D eigenvalue weighted by molar-refractivity contribution is 0.102. The summed E-state index contributed by atoms with van der Waals surface area (Å²) in [7, 11) is 0. The first-order chi connectivity index (χ1) is 13.6. The first-order valence-electron chi connectivity index (χ1n) is 9.35. The van der Waals surface area contributed by atoms with Gasteiger partial charge in [0.2, 0.25) is 0 Å². The van der Waals surface area contributed by atoms with E-state index in [1.807, 2.05) is 80.6 Å². The van der Waals surface area contributed by atoms with Crippen LogP contribution < -0.4 is 5.32 Å². The molecule has 0 atom stereocenters. The lowest BCUT2D eigenvalue weighted by Gasteiger charge is -2.12. The quantitative estimate of drug-likeness (QED) is 0.471. The third-order valence-electron chi connectivity index (χ3n) is 4.89. The van der Waals surface area contributed by atoms with Gasteiger partial charge in [-0.1, -0.05) is 66.2 Å². The van der Waals surface area contributed by atoms with Crippen molar-refractivity contribution in [1.82, 2.24) is 4.57 Å². The van der Waals surface area contributed by atoms with E-state index in [9.17, 15) is 4.79 Å². The summed E-state index contributed by atoms with van der Waals surface area (Å²) >= 11 is 0. The van der Waals surface area contributed by atoms with Gasteiger partial charge in [0.1, 0.15) is 0 Å². The van der Waals surface area contributed by atoms with Gasteiger partial charge in [-0.2, -0.15) is 0 Å². The second-order valence-electron chi connectivity index (χ2n) is 6.89. The first kappa shape index (κ1) is 17.8. The van der Waals surface area contributed by atoms with Crippen LogP contribution in [0.2, 0.25) is 0 Å². The highest BCUT2D eigenvalue weighted by Crippen LogP contribution is 2.30. The number of nitrogens with zero attached hydrogens (tertiary/aromatic N) is 1. The highest BCUT2D eigenvalue weighted by molar-refractivity contribution is 6.06.